The third-order valence-electron chi connectivity index (χ3n) is 1.44. The standard InChI is InChI=1S/C11H9NS/c12-8-4-7-11(13)9-10-5-2-1-3-6-10/h1-7,9,13H. The number of allylic oxidation sites excluding steroid dienone is 2. The summed E-state index contributed by atoms with van der Waals surface area (Å²) >= 11 is 4.20. The Bertz CT molecular complexity index is 357. The fourth-order valence-electron chi connectivity index (χ4n) is 0.891. The van der Waals surface area contributed by atoms with Gasteiger partial charge in [-0.2, -0.15) is 5.26 Å². The number of benzene rings is 1. The van der Waals surface area contributed by atoms with Crippen molar-refractivity contribution in [3.63, 3.8) is 0 Å². The summed E-state index contributed by atoms with van der Waals surface area (Å²) < 4.78 is 0. The van der Waals surface area contributed by atoms with Crippen molar-refractivity contribution in [2.45, 2.75) is 0 Å². The molecule has 0 aromatic heterocycles. The molecule has 0 aliphatic carbocycles. The number of nitrogens with zero attached hydrogens (tertiary/aromatic N) is 1. The molecule has 0 spiro atoms. The van der Waals surface area contributed by atoms with E-state index in [2.05, 4.69) is 12.6 Å². The Kier molecular flexibility index (Phi) is 3.87. The molecule has 0 fully saturated rings. The molecule has 1 aromatic carbocycles. The Hall–Kier alpha value is -1.46. The van der Waals surface area contributed by atoms with Crippen molar-refractivity contribution in [2.75, 3.05) is 0 Å². The Morgan fingerprint density at radius 1 is 1.31 bits per heavy atom. The van der Waals surface area contributed by atoms with Crippen LogP contribution in [0.3, 0.4) is 0 Å². The van der Waals surface area contributed by atoms with E-state index in [1.165, 1.54) is 6.08 Å². The van der Waals surface area contributed by atoms with E-state index in [0.717, 1.165) is 10.5 Å². The van der Waals surface area contributed by atoms with Crippen LogP contribution in [0.1, 0.15) is 5.56 Å². The summed E-state index contributed by atoms with van der Waals surface area (Å²) in [6, 6.07) is 11.8. The molecule has 1 aromatic rings. The van der Waals surface area contributed by atoms with Gasteiger partial charge in [0.25, 0.3) is 0 Å². The second kappa shape index (κ2) is 5.23. The van der Waals surface area contributed by atoms with Crippen LogP contribution in [0.15, 0.2) is 47.4 Å². The first kappa shape index (κ1) is 9.63. The molecule has 0 radical (unpaired) electrons. The van der Waals surface area contributed by atoms with E-state index in [0.29, 0.717) is 0 Å². The summed E-state index contributed by atoms with van der Waals surface area (Å²) in [5, 5.41) is 8.28. The lowest BCUT2D eigenvalue weighted by Crippen LogP contribution is -1.70. The van der Waals surface area contributed by atoms with E-state index in [9.17, 15) is 0 Å². The van der Waals surface area contributed by atoms with E-state index >= 15 is 0 Å². The van der Waals surface area contributed by atoms with E-state index in [4.69, 9.17) is 5.26 Å². The Balaban J connectivity index is 2.78. The Morgan fingerprint density at radius 3 is 2.62 bits per heavy atom. The fourth-order valence-corrected chi connectivity index (χ4v) is 1.11. The molecule has 0 N–H and O–H groups in total. The van der Waals surface area contributed by atoms with E-state index < -0.39 is 0 Å². The van der Waals surface area contributed by atoms with Crippen LogP contribution >= 0.6 is 12.6 Å². The van der Waals surface area contributed by atoms with Gasteiger partial charge in [0.1, 0.15) is 0 Å². The molecule has 0 aliphatic rings. The number of hydrogen-bond acceptors (Lipinski definition) is 2. The first-order chi connectivity index (χ1) is 6.33. The summed E-state index contributed by atoms with van der Waals surface area (Å²) in [5.41, 5.74) is 1.08. The van der Waals surface area contributed by atoms with Gasteiger partial charge in [0.15, 0.2) is 0 Å². The SMILES string of the molecule is N#CC=CC(S)=Cc1ccccc1. The van der Waals surface area contributed by atoms with Crippen LogP contribution in [0.5, 0.6) is 0 Å². The molecule has 0 atom stereocenters. The smallest absolute Gasteiger partial charge is 0.0912 e. The number of nitriles is 1. The molecule has 0 saturated heterocycles. The largest absolute Gasteiger partial charge is 0.193 e. The number of thiol groups is 1. The fraction of sp³-hybridized carbons (Fsp3) is 0. The zero-order valence-electron chi connectivity index (χ0n) is 7.01. The van der Waals surface area contributed by atoms with Crippen LogP contribution in [0, 0.1) is 11.3 Å². The minimum absolute atomic E-state index is 0.771. The highest BCUT2D eigenvalue weighted by atomic mass is 32.1. The van der Waals surface area contributed by atoms with E-state index in [-0.39, 0.29) is 0 Å². The van der Waals surface area contributed by atoms with Crippen molar-refractivity contribution < 1.29 is 0 Å². The van der Waals surface area contributed by atoms with Crippen molar-refractivity contribution in [3.8, 4) is 6.07 Å². The van der Waals surface area contributed by atoms with Gasteiger partial charge in [0, 0.05) is 11.0 Å². The second-order valence-corrected chi connectivity index (χ2v) is 2.96. The summed E-state index contributed by atoms with van der Waals surface area (Å²) in [4.78, 5) is 0.771. The van der Waals surface area contributed by atoms with Gasteiger partial charge in [-0.3, -0.25) is 0 Å². The molecule has 64 valence electrons. The highest BCUT2D eigenvalue weighted by Gasteiger charge is 1.85. The zero-order chi connectivity index (χ0) is 9.52. The average molecular weight is 187 g/mol. The monoisotopic (exact) mass is 187 g/mol. The lowest BCUT2D eigenvalue weighted by Gasteiger charge is -1.92. The molecule has 0 heterocycles. The third-order valence-corrected chi connectivity index (χ3v) is 1.72. The minimum atomic E-state index is 0.771. The second-order valence-electron chi connectivity index (χ2n) is 2.44. The van der Waals surface area contributed by atoms with Gasteiger partial charge in [-0.05, 0) is 17.7 Å². The minimum Gasteiger partial charge on any atom is -0.193 e. The molecule has 1 rings (SSSR count). The molecular weight excluding hydrogens is 178 g/mol. The van der Waals surface area contributed by atoms with E-state index in [1.54, 1.807) is 6.08 Å². The molecule has 13 heavy (non-hydrogen) atoms. The molecule has 0 aliphatic heterocycles. The normalized spacial score (nSPS) is 11.5. The molecule has 1 nitrogen and oxygen atoms in total. The van der Waals surface area contributed by atoms with Crippen molar-refractivity contribution in [1.82, 2.24) is 0 Å². The van der Waals surface area contributed by atoms with E-state index in [1.807, 2.05) is 42.5 Å². The van der Waals surface area contributed by atoms with Crippen molar-refractivity contribution in [3.05, 3.63) is 53.0 Å². The molecule has 2 heteroatoms. The van der Waals surface area contributed by atoms with Crippen molar-refractivity contribution in [2.24, 2.45) is 0 Å². The lowest BCUT2D eigenvalue weighted by atomic mass is 10.2. The third kappa shape index (κ3) is 3.64. The topological polar surface area (TPSA) is 23.8 Å². The van der Waals surface area contributed by atoms with Crippen LogP contribution in [0.25, 0.3) is 6.08 Å². The zero-order valence-corrected chi connectivity index (χ0v) is 7.91. The van der Waals surface area contributed by atoms with Crippen LogP contribution in [-0.4, -0.2) is 0 Å². The number of hydrogen-bond donors (Lipinski definition) is 1. The van der Waals surface area contributed by atoms with Gasteiger partial charge in [0.05, 0.1) is 6.07 Å². The Morgan fingerprint density at radius 2 is 2.00 bits per heavy atom. The summed E-state index contributed by atoms with van der Waals surface area (Å²) in [6.07, 6.45) is 4.97. The summed E-state index contributed by atoms with van der Waals surface area (Å²) in [7, 11) is 0. The molecule has 0 saturated carbocycles. The highest BCUT2D eigenvalue weighted by molar-refractivity contribution is 7.84. The quantitative estimate of drug-likeness (QED) is 0.429. The van der Waals surface area contributed by atoms with Gasteiger partial charge in [-0.15, -0.1) is 12.6 Å². The maximum absolute atomic E-state index is 8.28. The van der Waals surface area contributed by atoms with Crippen LogP contribution in [-0.2, 0) is 0 Å². The molecule has 0 amide bonds. The van der Waals surface area contributed by atoms with Crippen molar-refractivity contribution >= 4 is 18.7 Å². The lowest BCUT2D eigenvalue weighted by molar-refractivity contribution is 1.53. The van der Waals surface area contributed by atoms with Crippen LogP contribution < -0.4 is 0 Å². The average Bonchev–Trinajstić information content (AvgIpc) is 2.16. The molecule has 0 bridgehead atoms. The predicted octanol–water partition coefficient (Wildman–Crippen LogP) is 3.04. The highest BCUT2D eigenvalue weighted by Crippen LogP contribution is 2.10. The summed E-state index contributed by atoms with van der Waals surface area (Å²) in [6.45, 7) is 0. The van der Waals surface area contributed by atoms with Crippen molar-refractivity contribution in [1.29, 1.82) is 5.26 Å². The van der Waals surface area contributed by atoms with Crippen LogP contribution in [0.4, 0.5) is 0 Å². The molecule has 0 unspecified atom stereocenters. The maximum atomic E-state index is 8.28. The van der Waals surface area contributed by atoms with Crippen LogP contribution in [0.2, 0.25) is 0 Å². The Labute approximate surface area is 83.4 Å². The maximum Gasteiger partial charge on any atom is 0.0912 e. The number of rotatable bonds is 2. The van der Waals surface area contributed by atoms with Gasteiger partial charge in [0.2, 0.25) is 0 Å². The van der Waals surface area contributed by atoms with Gasteiger partial charge in [-0.25, -0.2) is 0 Å². The molecular formula is C11H9NS. The van der Waals surface area contributed by atoms with Gasteiger partial charge < -0.3 is 0 Å². The predicted molar refractivity (Wildman–Crippen MR) is 58.2 cm³/mol. The first-order valence-corrected chi connectivity index (χ1v) is 4.29. The first-order valence-electron chi connectivity index (χ1n) is 3.85. The summed E-state index contributed by atoms with van der Waals surface area (Å²) in [5.74, 6) is 0. The van der Waals surface area contributed by atoms with Gasteiger partial charge >= 0.3 is 0 Å². The van der Waals surface area contributed by atoms with Gasteiger partial charge in [-0.1, -0.05) is 30.3 Å².